The number of hydrogen-bond donors (Lipinski definition) is 0. The van der Waals surface area contributed by atoms with Crippen molar-refractivity contribution < 1.29 is 0 Å². The first kappa shape index (κ1) is 17.4. The molecule has 102 valence electrons. The van der Waals surface area contributed by atoms with Gasteiger partial charge in [-0.25, -0.2) is 0 Å². The molecule has 0 heterocycles. The highest BCUT2D eigenvalue weighted by atomic mass is 13.7. The van der Waals surface area contributed by atoms with Crippen molar-refractivity contribution in [2.75, 3.05) is 0 Å². The normalized spacial score (nSPS) is 13.8. The Morgan fingerprint density at radius 1 is 0.250 bits per heavy atom. The van der Waals surface area contributed by atoms with Crippen LogP contribution in [0.2, 0.25) is 0 Å². The third-order valence-electron chi connectivity index (χ3n) is 1.94. The van der Waals surface area contributed by atoms with Crippen LogP contribution in [-0.2, 0) is 0 Å². The summed E-state index contributed by atoms with van der Waals surface area (Å²) in [5, 5.41) is 0. The molecule has 0 spiro atoms. The molecule has 0 aromatic rings. The highest BCUT2D eigenvalue weighted by Crippen LogP contribution is 1.86. The fraction of sp³-hybridized carbons (Fsp3) is 0. The quantitative estimate of drug-likeness (QED) is 0.460. The fourth-order valence-electron chi connectivity index (χ4n) is 1.06. The molecule has 0 nitrogen and oxygen atoms in total. The smallest absolute Gasteiger partial charge is 0.0623 e. The van der Waals surface area contributed by atoms with Crippen LogP contribution in [0.5, 0.6) is 0 Å². The average Bonchev–Trinajstić information content (AvgIpc) is 2.47. The second-order valence-electron chi connectivity index (χ2n) is 3.55. The first-order valence-corrected chi connectivity index (χ1v) is 6.48. The zero-order chi connectivity index (χ0) is 14.7. The zero-order valence-electron chi connectivity index (χ0n) is 11.8. The first-order chi connectivity index (χ1) is 9.91. The summed E-state index contributed by atoms with van der Waals surface area (Å²) in [4.78, 5) is 0. The Morgan fingerprint density at radius 2 is 0.400 bits per heavy atom. The van der Waals surface area contributed by atoms with Gasteiger partial charge in [-0.3, -0.25) is 0 Å². The second-order valence-corrected chi connectivity index (χ2v) is 3.55. The van der Waals surface area contributed by atoms with Gasteiger partial charge >= 0.3 is 0 Å². The average molecular weight is 262 g/mol. The van der Waals surface area contributed by atoms with Gasteiger partial charge in [0.15, 0.2) is 0 Å². The maximum Gasteiger partial charge on any atom is -0.0623 e. The molecular weight excluding hydrogens is 240 g/mol. The lowest BCUT2D eigenvalue weighted by Crippen LogP contribution is -1.53. The van der Waals surface area contributed by atoms with Crippen LogP contribution in [0.15, 0.2) is 123 Å². The molecule has 0 amide bonds. The van der Waals surface area contributed by atoms with Gasteiger partial charge in [0.1, 0.15) is 0 Å². The molecule has 0 aliphatic rings. The van der Waals surface area contributed by atoms with Crippen LogP contribution in [0.1, 0.15) is 0 Å². The molecule has 0 saturated carbocycles. The summed E-state index contributed by atoms with van der Waals surface area (Å²) in [6, 6.07) is 0. The van der Waals surface area contributed by atoms with Crippen molar-refractivity contribution in [3.8, 4) is 0 Å². The van der Waals surface area contributed by atoms with Crippen molar-refractivity contribution in [3.63, 3.8) is 0 Å². The summed E-state index contributed by atoms with van der Waals surface area (Å²) in [6.07, 6.45) is 34.8. The van der Waals surface area contributed by atoms with E-state index in [-0.39, 0.29) is 0 Å². The molecule has 0 bridgehead atoms. The van der Waals surface area contributed by atoms with E-state index in [2.05, 4.69) is 13.2 Å². The predicted octanol–water partition coefficient (Wildman–Crippen LogP) is 5.81. The van der Waals surface area contributed by atoms with Gasteiger partial charge < -0.3 is 0 Å². The Labute approximate surface area is 123 Å². The van der Waals surface area contributed by atoms with Gasteiger partial charge in [-0.2, -0.15) is 0 Å². The van der Waals surface area contributed by atoms with Crippen molar-refractivity contribution in [2.24, 2.45) is 0 Å². The summed E-state index contributed by atoms with van der Waals surface area (Å²) in [5.41, 5.74) is 0. The third kappa shape index (κ3) is 15.4. The number of hydrogen-bond acceptors (Lipinski definition) is 0. The maximum absolute atomic E-state index is 3.59. The summed E-state index contributed by atoms with van der Waals surface area (Å²) < 4.78 is 0. The van der Waals surface area contributed by atoms with Crippen LogP contribution in [0, 0.1) is 0 Å². The third-order valence-corrected chi connectivity index (χ3v) is 1.94. The molecule has 0 heteroatoms. The lowest BCUT2D eigenvalue weighted by atomic mass is 10.3. The minimum atomic E-state index is 1.75. The van der Waals surface area contributed by atoms with Gasteiger partial charge in [-0.1, -0.05) is 123 Å². The van der Waals surface area contributed by atoms with Crippen molar-refractivity contribution in [3.05, 3.63) is 123 Å². The van der Waals surface area contributed by atoms with Crippen molar-refractivity contribution in [1.29, 1.82) is 0 Å². The number of rotatable bonds is 9. The van der Waals surface area contributed by atoms with Gasteiger partial charge in [-0.05, 0) is 0 Å². The molecule has 0 aliphatic heterocycles. The van der Waals surface area contributed by atoms with Crippen LogP contribution in [0.3, 0.4) is 0 Å². The summed E-state index contributed by atoms with van der Waals surface area (Å²) in [6.45, 7) is 7.19. The van der Waals surface area contributed by atoms with Crippen molar-refractivity contribution in [1.82, 2.24) is 0 Å². The Morgan fingerprint density at radius 3 is 0.550 bits per heavy atom. The molecule has 0 unspecified atom stereocenters. The van der Waals surface area contributed by atoms with Crippen LogP contribution >= 0.6 is 0 Å². The molecule has 0 aromatic heterocycles. The van der Waals surface area contributed by atoms with Crippen LogP contribution < -0.4 is 0 Å². The SMILES string of the molecule is C=C/C=C/C=C/C=C/C=C/C=C/C=C/C=C/C=C/C=C. The van der Waals surface area contributed by atoms with Crippen LogP contribution in [0.4, 0.5) is 0 Å². The van der Waals surface area contributed by atoms with E-state index in [0.717, 1.165) is 0 Å². The summed E-state index contributed by atoms with van der Waals surface area (Å²) >= 11 is 0. The fourth-order valence-corrected chi connectivity index (χ4v) is 1.06. The Bertz CT molecular complexity index is 426. The van der Waals surface area contributed by atoms with E-state index >= 15 is 0 Å². The van der Waals surface area contributed by atoms with E-state index < -0.39 is 0 Å². The van der Waals surface area contributed by atoms with Crippen molar-refractivity contribution in [2.45, 2.75) is 0 Å². The molecule has 0 atom stereocenters. The largest absolute Gasteiger partial charge is 0.0991 e. The molecule has 0 rings (SSSR count). The number of allylic oxidation sites excluding steroid dienone is 18. The maximum atomic E-state index is 3.59. The minimum Gasteiger partial charge on any atom is -0.0991 e. The van der Waals surface area contributed by atoms with Gasteiger partial charge in [0.25, 0.3) is 0 Å². The van der Waals surface area contributed by atoms with Crippen LogP contribution in [-0.4, -0.2) is 0 Å². The van der Waals surface area contributed by atoms with Gasteiger partial charge in [0.05, 0.1) is 0 Å². The van der Waals surface area contributed by atoms with Crippen molar-refractivity contribution >= 4 is 0 Å². The second kappa shape index (κ2) is 16.4. The lowest BCUT2D eigenvalue weighted by Gasteiger charge is -1.75. The van der Waals surface area contributed by atoms with E-state index in [9.17, 15) is 0 Å². The minimum absolute atomic E-state index is 1.75. The van der Waals surface area contributed by atoms with Crippen LogP contribution in [0.25, 0.3) is 0 Å². The molecule has 20 heavy (non-hydrogen) atoms. The van der Waals surface area contributed by atoms with Gasteiger partial charge in [0.2, 0.25) is 0 Å². The molecule has 0 radical (unpaired) electrons. The summed E-state index contributed by atoms with van der Waals surface area (Å²) in [5.74, 6) is 0. The van der Waals surface area contributed by atoms with E-state index in [1.54, 1.807) is 12.2 Å². The van der Waals surface area contributed by atoms with E-state index in [4.69, 9.17) is 0 Å². The molecule has 0 aromatic carbocycles. The van der Waals surface area contributed by atoms with E-state index in [1.807, 2.05) is 97.2 Å². The molecule has 0 N–H and O–H groups in total. The van der Waals surface area contributed by atoms with Gasteiger partial charge in [0, 0.05) is 0 Å². The molecule has 0 fully saturated rings. The first-order valence-electron chi connectivity index (χ1n) is 6.48. The summed E-state index contributed by atoms with van der Waals surface area (Å²) in [7, 11) is 0. The Balaban J connectivity index is 3.86. The standard InChI is InChI=1S/C20H22/c1-3-5-7-9-11-13-15-17-19-20-18-16-14-12-10-8-6-4-2/h3-20H,1-2H2/b7-5+,8-6+,11-9+,12-10+,15-13+,16-14+,19-17+,20-18+. The topological polar surface area (TPSA) is 0 Å². The molecular formula is C20H22. The Hall–Kier alpha value is -2.60. The monoisotopic (exact) mass is 262 g/mol. The highest BCUT2D eigenvalue weighted by molar-refractivity contribution is 5.22. The molecule has 0 saturated heterocycles. The lowest BCUT2D eigenvalue weighted by molar-refractivity contribution is 1.83. The van der Waals surface area contributed by atoms with E-state index in [0.29, 0.717) is 0 Å². The predicted molar refractivity (Wildman–Crippen MR) is 93.5 cm³/mol. The molecule has 0 aliphatic carbocycles. The highest BCUT2D eigenvalue weighted by Gasteiger charge is 1.64. The Kier molecular flexibility index (Phi) is 14.3. The van der Waals surface area contributed by atoms with E-state index in [1.165, 1.54) is 0 Å². The zero-order valence-corrected chi connectivity index (χ0v) is 11.8. The van der Waals surface area contributed by atoms with Gasteiger partial charge in [-0.15, -0.1) is 0 Å².